The standard InChI is InChI=1S/C11H15NO2/c1-14-10-4-2-3-8-7(10)5-6-9(13)11(8)12/h2-4,9,11,13H,5-6,12H2,1H3/t9-,11-/m0/s1. The fraction of sp³-hybridized carbons (Fsp3) is 0.455. The first-order chi connectivity index (χ1) is 6.74. The molecule has 0 aliphatic heterocycles. The molecule has 3 nitrogen and oxygen atoms in total. The zero-order valence-corrected chi connectivity index (χ0v) is 8.23. The summed E-state index contributed by atoms with van der Waals surface area (Å²) in [5, 5.41) is 9.62. The lowest BCUT2D eigenvalue weighted by atomic mass is 9.85. The zero-order chi connectivity index (χ0) is 10.1. The molecule has 0 bridgehead atoms. The van der Waals surface area contributed by atoms with Gasteiger partial charge in [0.2, 0.25) is 0 Å². The molecule has 1 aromatic carbocycles. The molecule has 0 spiro atoms. The maximum atomic E-state index is 9.62. The van der Waals surface area contributed by atoms with Crippen LogP contribution in [0.3, 0.4) is 0 Å². The number of methoxy groups -OCH3 is 1. The molecular weight excluding hydrogens is 178 g/mol. The van der Waals surface area contributed by atoms with E-state index in [-0.39, 0.29) is 6.04 Å². The quantitative estimate of drug-likeness (QED) is 0.699. The van der Waals surface area contributed by atoms with E-state index >= 15 is 0 Å². The number of fused-ring (bicyclic) bond motifs is 1. The molecule has 3 N–H and O–H groups in total. The van der Waals surface area contributed by atoms with E-state index in [0.717, 1.165) is 23.3 Å². The highest BCUT2D eigenvalue weighted by Gasteiger charge is 2.26. The maximum absolute atomic E-state index is 9.62. The average molecular weight is 193 g/mol. The molecule has 1 aliphatic rings. The Balaban J connectivity index is 2.47. The molecule has 2 rings (SSSR count). The van der Waals surface area contributed by atoms with Crippen molar-refractivity contribution >= 4 is 0 Å². The van der Waals surface area contributed by atoms with Crippen molar-refractivity contribution in [3.05, 3.63) is 29.3 Å². The van der Waals surface area contributed by atoms with Crippen LogP contribution < -0.4 is 10.5 Å². The van der Waals surface area contributed by atoms with Crippen molar-refractivity contribution in [1.82, 2.24) is 0 Å². The Morgan fingerprint density at radius 2 is 2.29 bits per heavy atom. The Hall–Kier alpha value is -1.06. The van der Waals surface area contributed by atoms with Gasteiger partial charge in [0, 0.05) is 0 Å². The molecule has 0 amide bonds. The molecule has 76 valence electrons. The first-order valence-corrected chi connectivity index (χ1v) is 4.83. The van der Waals surface area contributed by atoms with E-state index in [4.69, 9.17) is 10.5 Å². The lowest BCUT2D eigenvalue weighted by Gasteiger charge is -2.28. The third-order valence-electron chi connectivity index (χ3n) is 2.85. The number of rotatable bonds is 1. The Kier molecular flexibility index (Phi) is 2.44. The van der Waals surface area contributed by atoms with Gasteiger partial charge in [0.25, 0.3) is 0 Å². The molecule has 1 aliphatic carbocycles. The van der Waals surface area contributed by atoms with E-state index in [2.05, 4.69) is 0 Å². The van der Waals surface area contributed by atoms with Crippen molar-refractivity contribution in [2.24, 2.45) is 5.73 Å². The van der Waals surface area contributed by atoms with E-state index in [1.54, 1.807) is 7.11 Å². The molecule has 0 unspecified atom stereocenters. The second kappa shape index (κ2) is 3.59. The molecule has 14 heavy (non-hydrogen) atoms. The van der Waals surface area contributed by atoms with Gasteiger partial charge in [0.15, 0.2) is 0 Å². The molecule has 0 fully saturated rings. The van der Waals surface area contributed by atoms with Gasteiger partial charge in [0.1, 0.15) is 5.75 Å². The summed E-state index contributed by atoms with van der Waals surface area (Å²) in [5.74, 6) is 0.879. The number of hydrogen-bond donors (Lipinski definition) is 2. The molecule has 0 heterocycles. The van der Waals surface area contributed by atoms with Crippen molar-refractivity contribution in [3.8, 4) is 5.75 Å². The van der Waals surface area contributed by atoms with Crippen molar-refractivity contribution in [2.75, 3.05) is 7.11 Å². The summed E-state index contributed by atoms with van der Waals surface area (Å²) in [6, 6.07) is 5.54. The predicted molar refractivity (Wildman–Crippen MR) is 54.3 cm³/mol. The zero-order valence-electron chi connectivity index (χ0n) is 8.23. The van der Waals surface area contributed by atoms with Gasteiger partial charge >= 0.3 is 0 Å². The lowest BCUT2D eigenvalue weighted by Crippen LogP contribution is -2.31. The van der Waals surface area contributed by atoms with E-state index in [1.807, 2.05) is 18.2 Å². The minimum atomic E-state index is -0.422. The highest BCUT2D eigenvalue weighted by molar-refractivity contribution is 5.43. The minimum Gasteiger partial charge on any atom is -0.496 e. The van der Waals surface area contributed by atoms with Crippen LogP contribution in [0.1, 0.15) is 23.6 Å². The predicted octanol–water partition coefficient (Wildman–Crippen LogP) is 1.00. The molecule has 0 radical (unpaired) electrons. The van der Waals surface area contributed by atoms with E-state index in [0.29, 0.717) is 6.42 Å². The highest BCUT2D eigenvalue weighted by atomic mass is 16.5. The molecule has 2 atom stereocenters. The molecule has 0 saturated heterocycles. The fourth-order valence-corrected chi connectivity index (χ4v) is 2.03. The Morgan fingerprint density at radius 3 is 3.00 bits per heavy atom. The largest absolute Gasteiger partial charge is 0.496 e. The Morgan fingerprint density at radius 1 is 1.50 bits per heavy atom. The van der Waals surface area contributed by atoms with Gasteiger partial charge in [-0.05, 0) is 30.0 Å². The van der Waals surface area contributed by atoms with Gasteiger partial charge in [0.05, 0.1) is 19.3 Å². The number of ether oxygens (including phenoxy) is 1. The van der Waals surface area contributed by atoms with Gasteiger partial charge in [-0.1, -0.05) is 12.1 Å². The third-order valence-corrected chi connectivity index (χ3v) is 2.85. The monoisotopic (exact) mass is 193 g/mol. The van der Waals surface area contributed by atoms with Gasteiger partial charge in [-0.2, -0.15) is 0 Å². The first kappa shape index (κ1) is 9.49. The van der Waals surface area contributed by atoms with Crippen molar-refractivity contribution in [1.29, 1.82) is 0 Å². The minimum absolute atomic E-state index is 0.270. The van der Waals surface area contributed by atoms with E-state index in [1.165, 1.54) is 0 Å². The number of benzene rings is 1. The summed E-state index contributed by atoms with van der Waals surface area (Å²) in [6.45, 7) is 0. The summed E-state index contributed by atoms with van der Waals surface area (Å²) < 4.78 is 5.26. The van der Waals surface area contributed by atoms with Crippen LogP contribution in [0.4, 0.5) is 0 Å². The summed E-state index contributed by atoms with van der Waals surface area (Å²) in [6.07, 6.45) is 1.14. The van der Waals surface area contributed by atoms with Crippen LogP contribution >= 0.6 is 0 Å². The van der Waals surface area contributed by atoms with Crippen LogP contribution in [-0.2, 0) is 6.42 Å². The number of aliphatic hydroxyl groups excluding tert-OH is 1. The molecular formula is C11H15NO2. The third kappa shape index (κ3) is 1.38. The van der Waals surface area contributed by atoms with Gasteiger partial charge in [-0.25, -0.2) is 0 Å². The van der Waals surface area contributed by atoms with Crippen LogP contribution in [-0.4, -0.2) is 18.3 Å². The van der Waals surface area contributed by atoms with E-state index < -0.39 is 6.10 Å². The number of hydrogen-bond acceptors (Lipinski definition) is 3. The second-order valence-electron chi connectivity index (χ2n) is 3.66. The van der Waals surface area contributed by atoms with Gasteiger partial charge in [-0.3, -0.25) is 0 Å². The van der Waals surface area contributed by atoms with Gasteiger partial charge in [-0.15, -0.1) is 0 Å². The molecule has 3 heteroatoms. The SMILES string of the molecule is COc1cccc2c1CC[C@H](O)[C@H]2N. The summed E-state index contributed by atoms with van der Waals surface area (Å²) >= 11 is 0. The average Bonchev–Trinajstić information content (AvgIpc) is 2.23. The van der Waals surface area contributed by atoms with Crippen LogP contribution in [0.2, 0.25) is 0 Å². The lowest BCUT2D eigenvalue weighted by molar-refractivity contribution is 0.127. The highest BCUT2D eigenvalue weighted by Crippen LogP contribution is 2.33. The van der Waals surface area contributed by atoms with Gasteiger partial charge < -0.3 is 15.6 Å². The smallest absolute Gasteiger partial charge is 0.122 e. The first-order valence-electron chi connectivity index (χ1n) is 4.83. The van der Waals surface area contributed by atoms with Crippen molar-refractivity contribution in [3.63, 3.8) is 0 Å². The molecule has 0 aromatic heterocycles. The molecule has 1 aromatic rings. The molecule has 0 saturated carbocycles. The summed E-state index contributed by atoms with van der Waals surface area (Å²) in [4.78, 5) is 0. The topological polar surface area (TPSA) is 55.5 Å². The Labute approximate surface area is 83.5 Å². The summed E-state index contributed by atoms with van der Waals surface area (Å²) in [5.41, 5.74) is 8.07. The fourth-order valence-electron chi connectivity index (χ4n) is 2.03. The Bertz CT molecular complexity index is 338. The number of nitrogens with two attached hydrogens (primary N) is 1. The van der Waals surface area contributed by atoms with Crippen molar-refractivity contribution in [2.45, 2.75) is 25.0 Å². The van der Waals surface area contributed by atoms with E-state index in [9.17, 15) is 5.11 Å². The van der Waals surface area contributed by atoms with Crippen LogP contribution in [0.5, 0.6) is 5.75 Å². The summed E-state index contributed by atoms with van der Waals surface area (Å²) in [7, 11) is 1.66. The van der Waals surface area contributed by atoms with Crippen LogP contribution in [0.15, 0.2) is 18.2 Å². The van der Waals surface area contributed by atoms with Crippen LogP contribution in [0, 0.1) is 0 Å². The maximum Gasteiger partial charge on any atom is 0.122 e. The normalized spacial score (nSPS) is 25.6. The van der Waals surface area contributed by atoms with Crippen molar-refractivity contribution < 1.29 is 9.84 Å². The van der Waals surface area contributed by atoms with Crippen LogP contribution in [0.25, 0.3) is 0 Å². The second-order valence-corrected chi connectivity index (χ2v) is 3.66. The number of aliphatic hydroxyl groups is 1.